The van der Waals surface area contributed by atoms with Crippen LogP contribution in [-0.4, -0.2) is 53.6 Å². The van der Waals surface area contributed by atoms with Gasteiger partial charge in [0, 0.05) is 19.0 Å². The Balaban J connectivity index is 1.47. The first-order valence-electron chi connectivity index (χ1n) is 14.4. The van der Waals surface area contributed by atoms with Crippen molar-refractivity contribution in [3.05, 3.63) is 101 Å². The third kappa shape index (κ3) is 6.56. The zero-order valence-electron chi connectivity index (χ0n) is 24.9. The second kappa shape index (κ2) is 12.3. The molecule has 3 atom stereocenters. The molecule has 5 rings (SSSR count). The molecule has 0 saturated heterocycles. The van der Waals surface area contributed by atoms with Gasteiger partial charge in [-0.2, -0.15) is 0 Å². The lowest BCUT2D eigenvalue weighted by Gasteiger charge is -2.39. The number of nitrogens with zero attached hydrogens (tertiary/aromatic N) is 2. The highest BCUT2D eigenvalue weighted by Gasteiger charge is 2.43. The molecule has 43 heavy (non-hydrogen) atoms. The van der Waals surface area contributed by atoms with Crippen LogP contribution in [-0.2, 0) is 43.2 Å². The van der Waals surface area contributed by atoms with Gasteiger partial charge in [-0.15, -0.1) is 0 Å². The summed E-state index contributed by atoms with van der Waals surface area (Å²) >= 11 is 0. The van der Waals surface area contributed by atoms with Gasteiger partial charge < -0.3 is 19.7 Å². The van der Waals surface area contributed by atoms with Crippen LogP contribution in [0.2, 0.25) is 0 Å². The van der Waals surface area contributed by atoms with Crippen molar-refractivity contribution in [1.29, 1.82) is 0 Å². The number of anilines is 1. The highest BCUT2D eigenvalue weighted by molar-refractivity contribution is 6.02. The molecule has 3 amide bonds. The Kier molecular flexibility index (Phi) is 8.52. The molecule has 0 saturated carbocycles. The number of amides is 3. The van der Waals surface area contributed by atoms with Crippen LogP contribution in [0, 0.1) is 0 Å². The topological polar surface area (TPSA) is 105 Å². The highest BCUT2D eigenvalue weighted by atomic mass is 16.6. The summed E-state index contributed by atoms with van der Waals surface area (Å²) in [4.78, 5) is 57.3. The maximum Gasteiger partial charge on any atom is 0.415 e. The first kappa shape index (κ1) is 29.8. The molecule has 0 fully saturated rings. The average molecular weight is 584 g/mol. The Bertz CT molecular complexity index is 1520. The van der Waals surface area contributed by atoms with Crippen LogP contribution in [0.1, 0.15) is 55.5 Å². The van der Waals surface area contributed by atoms with Crippen LogP contribution in [0.25, 0.3) is 0 Å². The van der Waals surface area contributed by atoms with E-state index in [4.69, 9.17) is 9.47 Å². The molecule has 1 N–H and O–H groups in total. The fourth-order valence-corrected chi connectivity index (χ4v) is 5.77. The molecular formula is C34H37N3O6. The number of fused-ring (bicyclic) bond motifs is 2. The molecule has 224 valence electrons. The number of rotatable bonds is 6. The van der Waals surface area contributed by atoms with Crippen molar-refractivity contribution in [3.8, 4) is 0 Å². The fraction of sp³-hybridized carbons (Fsp3) is 0.353. The molecule has 0 bridgehead atoms. The van der Waals surface area contributed by atoms with Crippen molar-refractivity contribution in [1.82, 2.24) is 10.2 Å². The van der Waals surface area contributed by atoms with Crippen LogP contribution in [0.5, 0.6) is 0 Å². The molecule has 3 aromatic rings. The van der Waals surface area contributed by atoms with E-state index in [1.54, 1.807) is 56.0 Å². The van der Waals surface area contributed by atoms with E-state index in [-0.39, 0.29) is 25.3 Å². The SMILES string of the molecule is COC(=O)C[C@H]1Cc2ccccc2CN1C(=O)[C@@H](NC(=O)[C@H]1Cc2ccccc2N1C(=O)OC(C)(C)C)c1ccccc1. The third-order valence-corrected chi connectivity index (χ3v) is 7.80. The minimum absolute atomic E-state index is 0.0242. The van der Waals surface area contributed by atoms with E-state index in [0.717, 1.165) is 16.7 Å². The zero-order valence-corrected chi connectivity index (χ0v) is 24.9. The molecule has 0 aromatic heterocycles. The van der Waals surface area contributed by atoms with E-state index < -0.39 is 41.7 Å². The van der Waals surface area contributed by atoms with Crippen LogP contribution in [0.15, 0.2) is 78.9 Å². The quantitative estimate of drug-likeness (QED) is 0.421. The number of esters is 1. The van der Waals surface area contributed by atoms with Crippen molar-refractivity contribution >= 4 is 29.6 Å². The monoisotopic (exact) mass is 583 g/mol. The van der Waals surface area contributed by atoms with Crippen molar-refractivity contribution in [2.45, 2.75) is 70.3 Å². The van der Waals surface area contributed by atoms with Crippen molar-refractivity contribution in [2.24, 2.45) is 0 Å². The van der Waals surface area contributed by atoms with E-state index in [0.29, 0.717) is 17.7 Å². The molecule has 9 heteroatoms. The minimum atomic E-state index is -1.05. The van der Waals surface area contributed by atoms with Gasteiger partial charge in [0.15, 0.2) is 0 Å². The lowest BCUT2D eigenvalue weighted by atomic mass is 9.91. The van der Waals surface area contributed by atoms with Gasteiger partial charge in [0.1, 0.15) is 17.7 Å². The Morgan fingerprint density at radius 1 is 0.860 bits per heavy atom. The summed E-state index contributed by atoms with van der Waals surface area (Å²) in [5.74, 6) is -1.24. The van der Waals surface area contributed by atoms with E-state index in [2.05, 4.69) is 5.32 Å². The average Bonchev–Trinajstić information content (AvgIpc) is 3.39. The summed E-state index contributed by atoms with van der Waals surface area (Å²) in [6.45, 7) is 5.60. The molecule has 2 heterocycles. The Morgan fingerprint density at radius 2 is 1.49 bits per heavy atom. The smallest absolute Gasteiger partial charge is 0.415 e. The standard InChI is InChI=1S/C34H37N3O6/c1-34(2,3)43-33(41)37-27-17-11-10-15-24(27)19-28(37)31(39)35-30(22-12-6-5-7-13-22)32(40)36-21-25-16-9-8-14-23(25)18-26(36)20-29(38)42-4/h5-17,26,28,30H,18-21H2,1-4H3,(H,35,39)/t26-,28-,30+/m1/s1. The molecule has 2 aliphatic rings. The lowest BCUT2D eigenvalue weighted by Crippen LogP contribution is -2.54. The number of ether oxygens (including phenoxy) is 2. The fourth-order valence-electron chi connectivity index (χ4n) is 5.77. The number of hydrogen-bond donors (Lipinski definition) is 1. The number of methoxy groups -OCH3 is 1. The maximum absolute atomic E-state index is 14.4. The predicted octanol–water partition coefficient (Wildman–Crippen LogP) is 4.73. The number of nitrogens with one attached hydrogen (secondary N) is 1. The molecule has 9 nitrogen and oxygen atoms in total. The molecule has 0 spiro atoms. The molecule has 0 unspecified atom stereocenters. The minimum Gasteiger partial charge on any atom is -0.469 e. The van der Waals surface area contributed by atoms with Gasteiger partial charge >= 0.3 is 12.1 Å². The lowest BCUT2D eigenvalue weighted by molar-refractivity contribution is -0.146. The van der Waals surface area contributed by atoms with Gasteiger partial charge in [0.25, 0.3) is 0 Å². The zero-order chi connectivity index (χ0) is 30.7. The van der Waals surface area contributed by atoms with Gasteiger partial charge in [-0.1, -0.05) is 72.8 Å². The number of benzene rings is 3. The molecule has 0 radical (unpaired) electrons. The van der Waals surface area contributed by atoms with E-state index >= 15 is 0 Å². The van der Waals surface area contributed by atoms with Gasteiger partial charge in [0.2, 0.25) is 11.8 Å². The molecule has 3 aromatic carbocycles. The Morgan fingerprint density at radius 3 is 2.16 bits per heavy atom. The first-order valence-corrected chi connectivity index (χ1v) is 14.4. The van der Waals surface area contributed by atoms with Crippen molar-refractivity contribution < 1.29 is 28.7 Å². The third-order valence-electron chi connectivity index (χ3n) is 7.80. The van der Waals surface area contributed by atoms with E-state index in [1.807, 2.05) is 48.5 Å². The predicted molar refractivity (Wildman–Crippen MR) is 161 cm³/mol. The van der Waals surface area contributed by atoms with Gasteiger partial charge in [-0.05, 0) is 55.5 Å². The van der Waals surface area contributed by atoms with Gasteiger partial charge in [0.05, 0.1) is 19.2 Å². The van der Waals surface area contributed by atoms with Crippen LogP contribution in [0.4, 0.5) is 10.5 Å². The summed E-state index contributed by atoms with van der Waals surface area (Å²) in [5.41, 5.74) is 3.31. The van der Waals surface area contributed by atoms with Crippen LogP contribution >= 0.6 is 0 Å². The number of para-hydroxylation sites is 1. The van der Waals surface area contributed by atoms with Crippen LogP contribution < -0.4 is 10.2 Å². The maximum atomic E-state index is 14.4. The molecular weight excluding hydrogens is 546 g/mol. The number of hydrogen-bond acceptors (Lipinski definition) is 6. The summed E-state index contributed by atoms with van der Waals surface area (Å²) in [6.07, 6.45) is 0.151. The van der Waals surface area contributed by atoms with Crippen molar-refractivity contribution in [3.63, 3.8) is 0 Å². The van der Waals surface area contributed by atoms with E-state index in [9.17, 15) is 19.2 Å². The van der Waals surface area contributed by atoms with Crippen molar-refractivity contribution in [2.75, 3.05) is 12.0 Å². The largest absolute Gasteiger partial charge is 0.469 e. The van der Waals surface area contributed by atoms with Crippen LogP contribution in [0.3, 0.4) is 0 Å². The summed E-state index contributed by atoms with van der Waals surface area (Å²) in [7, 11) is 1.33. The Labute approximate surface area is 251 Å². The van der Waals surface area contributed by atoms with E-state index in [1.165, 1.54) is 12.0 Å². The number of carbonyl (C=O) groups excluding carboxylic acids is 4. The normalized spacial score (nSPS) is 18.2. The van der Waals surface area contributed by atoms with Gasteiger partial charge in [-0.25, -0.2) is 4.79 Å². The second-order valence-electron chi connectivity index (χ2n) is 11.9. The molecule has 2 aliphatic heterocycles. The summed E-state index contributed by atoms with van der Waals surface area (Å²) in [5, 5.41) is 2.97. The Hall–Kier alpha value is -4.66. The summed E-state index contributed by atoms with van der Waals surface area (Å²) < 4.78 is 10.6. The summed E-state index contributed by atoms with van der Waals surface area (Å²) in [6, 6.07) is 21.7. The van der Waals surface area contributed by atoms with Gasteiger partial charge in [-0.3, -0.25) is 19.3 Å². The first-order chi connectivity index (χ1) is 20.6. The second-order valence-corrected chi connectivity index (χ2v) is 11.9. The molecule has 0 aliphatic carbocycles. The highest BCUT2D eigenvalue weighted by Crippen LogP contribution is 2.34. The number of carbonyl (C=O) groups is 4.